The van der Waals surface area contributed by atoms with Crippen LogP contribution in [0, 0.1) is 0 Å². The topological polar surface area (TPSA) is 31.0 Å². The molecule has 0 aliphatic heterocycles. The van der Waals surface area contributed by atoms with Crippen molar-refractivity contribution in [3.05, 3.63) is 194 Å². The van der Waals surface area contributed by atoms with E-state index in [1.165, 1.54) is 49.6 Å². The Morgan fingerprint density at radius 2 is 0.904 bits per heavy atom. The number of hydrogen-bond donors (Lipinski definition) is 0. The van der Waals surface area contributed by atoms with Gasteiger partial charge in [-0.15, -0.1) is 0 Å². The van der Waals surface area contributed by atoms with E-state index in [1.54, 1.807) is 0 Å². The Morgan fingerprint density at radius 1 is 0.365 bits per heavy atom. The number of para-hydroxylation sites is 3. The molecule has 0 aliphatic carbocycles. The second-order valence-corrected chi connectivity index (χ2v) is 13.1. The van der Waals surface area contributed by atoms with Crippen LogP contribution in [-0.4, -0.2) is 9.55 Å². The summed E-state index contributed by atoms with van der Waals surface area (Å²) in [6, 6.07) is 68.7. The van der Waals surface area contributed by atoms with E-state index < -0.39 is 0 Å². The molecule has 2 heterocycles. The van der Waals surface area contributed by atoms with Crippen molar-refractivity contribution in [3.8, 4) is 61.6 Å². The number of aromatic nitrogens is 2. The molecule has 3 nitrogen and oxygen atoms in total. The molecule has 0 spiro atoms. The van der Waals surface area contributed by atoms with E-state index in [1.807, 2.05) is 18.2 Å². The number of oxazole rings is 1. The van der Waals surface area contributed by atoms with Crippen molar-refractivity contribution in [2.75, 3.05) is 0 Å². The molecule has 244 valence electrons. The molecule has 0 radical (unpaired) electrons. The predicted molar refractivity (Wildman–Crippen MR) is 216 cm³/mol. The Hall–Kier alpha value is -6.97. The molecule has 3 heteroatoms. The quantitative estimate of drug-likeness (QED) is 0.177. The number of nitrogens with zero attached hydrogens (tertiary/aromatic N) is 2. The second kappa shape index (κ2) is 12.4. The van der Waals surface area contributed by atoms with Gasteiger partial charge < -0.3 is 8.98 Å². The Morgan fingerprint density at radius 3 is 1.65 bits per heavy atom. The first kappa shape index (κ1) is 29.9. The largest absolute Gasteiger partial charge is 0.436 e. The zero-order valence-corrected chi connectivity index (χ0v) is 28.3. The van der Waals surface area contributed by atoms with Crippen LogP contribution in [0.15, 0.2) is 199 Å². The first-order valence-electron chi connectivity index (χ1n) is 17.6. The number of hydrogen-bond acceptors (Lipinski definition) is 2. The maximum Gasteiger partial charge on any atom is 0.227 e. The molecule has 0 fully saturated rings. The summed E-state index contributed by atoms with van der Waals surface area (Å²) in [6.07, 6.45) is 0. The van der Waals surface area contributed by atoms with Gasteiger partial charge in [-0.3, -0.25) is 0 Å². The molecular formula is C49H32N2O. The summed E-state index contributed by atoms with van der Waals surface area (Å²) >= 11 is 0. The van der Waals surface area contributed by atoms with Gasteiger partial charge in [-0.1, -0.05) is 146 Å². The fourth-order valence-corrected chi connectivity index (χ4v) is 7.65. The van der Waals surface area contributed by atoms with E-state index in [4.69, 9.17) is 9.40 Å². The van der Waals surface area contributed by atoms with Gasteiger partial charge in [-0.2, -0.15) is 0 Å². The maximum absolute atomic E-state index is 6.29. The van der Waals surface area contributed by atoms with Crippen LogP contribution >= 0.6 is 0 Å². The minimum atomic E-state index is 0.618. The van der Waals surface area contributed by atoms with E-state index in [0.29, 0.717) is 5.89 Å². The van der Waals surface area contributed by atoms with E-state index in [9.17, 15) is 0 Å². The van der Waals surface area contributed by atoms with Crippen molar-refractivity contribution in [2.24, 2.45) is 0 Å². The highest BCUT2D eigenvalue weighted by atomic mass is 16.3. The summed E-state index contributed by atoms with van der Waals surface area (Å²) in [5.41, 5.74) is 15.4. The molecule has 0 saturated carbocycles. The van der Waals surface area contributed by atoms with Crippen molar-refractivity contribution < 1.29 is 4.42 Å². The summed E-state index contributed by atoms with van der Waals surface area (Å²) in [5, 5.41) is 2.49. The molecule has 8 aromatic carbocycles. The SMILES string of the molecule is c1ccc(-c2cccc3oc(-c4ccc(-c5ccccc5-c5ccccc5-c5ccc6c(c5)c5ccccc5n6-c5ccccc5)cc4)nc23)cc1. The van der Waals surface area contributed by atoms with Crippen LogP contribution in [0.25, 0.3) is 94.6 Å². The standard InChI is InChI=1S/C49H32N2O/c1-3-14-33(15-4-1)40-23-13-25-47-48(40)50-49(52-47)35-28-26-34(27-29-35)38-18-7-9-20-41(38)42-21-10-8-19-39(42)36-30-31-46-44(32-36)43-22-11-12-24-45(43)51(46)37-16-5-2-6-17-37/h1-32H. The molecule has 0 bridgehead atoms. The highest BCUT2D eigenvalue weighted by molar-refractivity contribution is 6.11. The maximum atomic E-state index is 6.29. The molecule has 0 aliphatic rings. The van der Waals surface area contributed by atoms with E-state index in [-0.39, 0.29) is 0 Å². The first-order chi connectivity index (χ1) is 25.8. The predicted octanol–water partition coefficient (Wildman–Crippen LogP) is 13.3. The Balaban J connectivity index is 1.04. The van der Waals surface area contributed by atoms with Crippen LogP contribution in [0.2, 0.25) is 0 Å². The lowest BCUT2D eigenvalue weighted by atomic mass is 9.89. The van der Waals surface area contributed by atoms with Crippen LogP contribution in [0.3, 0.4) is 0 Å². The van der Waals surface area contributed by atoms with E-state index in [2.05, 4.69) is 180 Å². The van der Waals surface area contributed by atoms with Crippen molar-refractivity contribution in [2.45, 2.75) is 0 Å². The summed E-state index contributed by atoms with van der Waals surface area (Å²) < 4.78 is 8.65. The Labute approximate surface area is 301 Å². The summed E-state index contributed by atoms with van der Waals surface area (Å²) in [7, 11) is 0. The highest BCUT2D eigenvalue weighted by Crippen LogP contribution is 2.41. The lowest BCUT2D eigenvalue weighted by Gasteiger charge is -2.15. The van der Waals surface area contributed by atoms with Crippen molar-refractivity contribution in [1.29, 1.82) is 0 Å². The second-order valence-electron chi connectivity index (χ2n) is 13.1. The monoisotopic (exact) mass is 664 g/mol. The van der Waals surface area contributed by atoms with Crippen LogP contribution in [0.4, 0.5) is 0 Å². The Kier molecular flexibility index (Phi) is 7.14. The number of fused-ring (bicyclic) bond motifs is 4. The molecular weight excluding hydrogens is 633 g/mol. The molecule has 10 rings (SSSR count). The minimum absolute atomic E-state index is 0.618. The minimum Gasteiger partial charge on any atom is -0.436 e. The highest BCUT2D eigenvalue weighted by Gasteiger charge is 2.17. The van der Waals surface area contributed by atoms with Gasteiger partial charge in [0.15, 0.2) is 5.58 Å². The normalized spacial score (nSPS) is 11.5. The average molecular weight is 665 g/mol. The summed E-state index contributed by atoms with van der Waals surface area (Å²) in [6.45, 7) is 0. The number of rotatable bonds is 6. The molecule has 0 N–H and O–H groups in total. The van der Waals surface area contributed by atoms with Gasteiger partial charge in [0.1, 0.15) is 5.52 Å². The van der Waals surface area contributed by atoms with Crippen molar-refractivity contribution in [3.63, 3.8) is 0 Å². The molecule has 52 heavy (non-hydrogen) atoms. The van der Waals surface area contributed by atoms with Gasteiger partial charge in [0.05, 0.1) is 11.0 Å². The third kappa shape index (κ3) is 5.02. The lowest BCUT2D eigenvalue weighted by Crippen LogP contribution is -1.93. The third-order valence-corrected chi connectivity index (χ3v) is 10.1. The fraction of sp³-hybridized carbons (Fsp3) is 0. The van der Waals surface area contributed by atoms with Crippen molar-refractivity contribution in [1.82, 2.24) is 9.55 Å². The van der Waals surface area contributed by atoms with Gasteiger partial charge in [0.2, 0.25) is 5.89 Å². The van der Waals surface area contributed by atoms with E-state index >= 15 is 0 Å². The van der Waals surface area contributed by atoms with Crippen LogP contribution in [0.1, 0.15) is 0 Å². The summed E-state index contributed by atoms with van der Waals surface area (Å²) in [4.78, 5) is 4.96. The molecule has 0 unspecified atom stereocenters. The molecule has 2 aromatic heterocycles. The van der Waals surface area contributed by atoms with Gasteiger partial charge in [0, 0.05) is 27.6 Å². The lowest BCUT2D eigenvalue weighted by molar-refractivity contribution is 0.620. The van der Waals surface area contributed by atoms with Crippen molar-refractivity contribution >= 4 is 32.9 Å². The summed E-state index contributed by atoms with van der Waals surface area (Å²) in [5.74, 6) is 0.618. The zero-order valence-electron chi connectivity index (χ0n) is 28.3. The van der Waals surface area contributed by atoms with Crippen LogP contribution in [0.5, 0.6) is 0 Å². The van der Waals surface area contributed by atoms with Crippen LogP contribution < -0.4 is 0 Å². The smallest absolute Gasteiger partial charge is 0.227 e. The molecule has 0 atom stereocenters. The fourth-order valence-electron chi connectivity index (χ4n) is 7.65. The Bertz CT molecular complexity index is 2880. The average Bonchev–Trinajstić information content (AvgIpc) is 3.81. The van der Waals surface area contributed by atoms with Gasteiger partial charge >= 0.3 is 0 Å². The van der Waals surface area contributed by atoms with Gasteiger partial charge in [0.25, 0.3) is 0 Å². The number of benzene rings is 8. The third-order valence-electron chi connectivity index (χ3n) is 10.1. The van der Waals surface area contributed by atoms with Crippen LogP contribution in [-0.2, 0) is 0 Å². The molecule has 0 saturated heterocycles. The van der Waals surface area contributed by atoms with Gasteiger partial charge in [-0.25, -0.2) is 4.98 Å². The van der Waals surface area contributed by atoms with Gasteiger partial charge in [-0.05, 0) is 87.5 Å². The first-order valence-corrected chi connectivity index (χ1v) is 17.6. The van der Waals surface area contributed by atoms with E-state index in [0.717, 1.165) is 39.0 Å². The molecule has 0 amide bonds. The molecule has 10 aromatic rings. The zero-order chi connectivity index (χ0) is 34.4.